The fourth-order valence-corrected chi connectivity index (χ4v) is 2.58. The van der Waals surface area contributed by atoms with Gasteiger partial charge in [-0.05, 0) is 25.0 Å². The summed E-state index contributed by atoms with van der Waals surface area (Å²) in [7, 11) is 1.50. The molecule has 0 aliphatic carbocycles. The molecule has 8 nitrogen and oxygen atoms in total. The van der Waals surface area contributed by atoms with E-state index in [2.05, 4.69) is 10.4 Å². The molecule has 144 valence electrons. The number of methoxy groups -OCH3 is 1. The summed E-state index contributed by atoms with van der Waals surface area (Å²) < 4.78 is 6.04. The highest BCUT2D eigenvalue weighted by atomic mass is 16.5. The van der Waals surface area contributed by atoms with E-state index in [0.29, 0.717) is 6.42 Å². The molecule has 0 fully saturated rings. The van der Waals surface area contributed by atoms with Crippen molar-refractivity contribution in [3.05, 3.63) is 63.6 Å². The zero-order chi connectivity index (χ0) is 19.8. The Morgan fingerprint density at radius 1 is 1.30 bits per heavy atom. The van der Waals surface area contributed by atoms with Gasteiger partial charge in [-0.2, -0.15) is 5.10 Å². The van der Waals surface area contributed by atoms with E-state index in [1.165, 1.54) is 19.2 Å². The van der Waals surface area contributed by atoms with Crippen molar-refractivity contribution in [2.24, 2.45) is 5.92 Å². The summed E-state index contributed by atoms with van der Waals surface area (Å²) in [5, 5.41) is 16.0. The first-order chi connectivity index (χ1) is 12.9. The average Bonchev–Trinajstić information content (AvgIpc) is 2.64. The third kappa shape index (κ3) is 6.03. The SMILES string of the molecule is COCCn1nc(C(=O)NCC(Cc2cccc(C)c2)C(=O)O)ccc1=O. The van der Waals surface area contributed by atoms with Gasteiger partial charge in [-0.3, -0.25) is 14.4 Å². The molecule has 0 aliphatic heterocycles. The third-order valence-electron chi connectivity index (χ3n) is 4.03. The van der Waals surface area contributed by atoms with Crippen molar-refractivity contribution in [1.29, 1.82) is 0 Å². The highest BCUT2D eigenvalue weighted by Crippen LogP contribution is 2.11. The van der Waals surface area contributed by atoms with Gasteiger partial charge >= 0.3 is 5.97 Å². The molecule has 0 bridgehead atoms. The van der Waals surface area contributed by atoms with Crippen LogP contribution in [0.25, 0.3) is 0 Å². The largest absolute Gasteiger partial charge is 0.481 e. The Labute approximate surface area is 156 Å². The van der Waals surface area contributed by atoms with Gasteiger partial charge < -0.3 is 15.2 Å². The number of ether oxygens (including phenoxy) is 1. The topological polar surface area (TPSA) is 111 Å². The van der Waals surface area contributed by atoms with Crippen LogP contribution in [-0.4, -0.2) is 47.0 Å². The van der Waals surface area contributed by atoms with Crippen LogP contribution in [0.4, 0.5) is 0 Å². The fourth-order valence-electron chi connectivity index (χ4n) is 2.58. The van der Waals surface area contributed by atoms with E-state index in [1.54, 1.807) is 0 Å². The maximum atomic E-state index is 12.3. The molecule has 1 atom stereocenters. The second kappa shape index (κ2) is 9.63. The highest BCUT2D eigenvalue weighted by molar-refractivity contribution is 5.92. The molecule has 0 spiro atoms. The third-order valence-corrected chi connectivity index (χ3v) is 4.03. The molecular weight excluding hydrogens is 350 g/mol. The molecule has 2 N–H and O–H groups in total. The summed E-state index contributed by atoms with van der Waals surface area (Å²) in [6.07, 6.45) is 0.304. The molecular formula is C19H23N3O5. The minimum absolute atomic E-state index is 0.0407. The number of rotatable bonds is 9. The summed E-state index contributed by atoms with van der Waals surface area (Å²) in [5.41, 5.74) is 1.64. The highest BCUT2D eigenvalue weighted by Gasteiger charge is 2.20. The molecule has 1 aromatic carbocycles. The van der Waals surface area contributed by atoms with Crippen molar-refractivity contribution in [3.8, 4) is 0 Å². The Bertz CT molecular complexity index is 862. The van der Waals surface area contributed by atoms with Crippen LogP contribution in [0.3, 0.4) is 0 Å². The van der Waals surface area contributed by atoms with Crippen molar-refractivity contribution in [2.45, 2.75) is 19.9 Å². The molecule has 0 aliphatic rings. The van der Waals surface area contributed by atoms with Crippen LogP contribution in [-0.2, 0) is 22.5 Å². The molecule has 8 heteroatoms. The van der Waals surface area contributed by atoms with Crippen LogP contribution in [0.5, 0.6) is 0 Å². The van der Waals surface area contributed by atoms with Crippen molar-refractivity contribution in [3.63, 3.8) is 0 Å². The molecule has 2 aromatic rings. The lowest BCUT2D eigenvalue weighted by Crippen LogP contribution is -2.36. The lowest BCUT2D eigenvalue weighted by atomic mass is 9.98. The number of aryl methyl sites for hydroxylation is 1. The predicted octanol–water partition coefficient (Wildman–Crippen LogP) is 0.871. The molecule has 1 unspecified atom stereocenters. The normalized spacial score (nSPS) is 11.8. The van der Waals surface area contributed by atoms with Gasteiger partial charge in [0, 0.05) is 19.7 Å². The van der Waals surface area contributed by atoms with Crippen LogP contribution < -0.4 is 10.9 Å². The monoisotopic (exact) mass is 373 g/mol. The quantitative estimate of drug-likeness (QED) is 0.675. The lowest BCUT2D eigenvalue weighted by Gasteiger charge is -2.14. The zero-order valence-corrected chi connectivity index (χ0v) is 15.3. The first kappa shape index (κ1) is 20.3. The van der Waals surface area contributed by atoms with Gasteiger partial charge in [-0.1, -0.05) is 29.8 Å². The van der Waals surface area contributed by atoms with E-state index in [0.717, 1.165) is 15.8 Å². The summed E-state index contributed by atoms with van der Waals surface area (Å²) in [4.78, 5) is 35.6. The number of carbonyl (C=O) groups excluding carboxylic acids is 1. The number of hydrogen-bond donors (Lipinski definition) is 2. The maximum Gasteiger partial charge on any atom is 0.308 e. The Balaban J connectivity index is 2.03. The number of carboxylic acid groups (broad SMARTS) is 1. The van der Waals surface area contributed by atoms with Gasteiger partial charge in [-0.15, -0.1) is 0 Å². The van der Waals surface area contributed by atoms with Gasteiger partial charge in [-0.25, -0.2) is 4.68 Å². The number of hydrogen-bond acceptors (Lipinski definition) is 5. The number of aliphatic carboxylic acids is 1. The number of carboxylic acids is 1. The van der Waals surface area contributed by atoms with E-state index >= 15 is 0 Å². The Kier molecular flexibility index (Phi) is 7.25. The Morgan fingerprint density at radius 3 is 2.74 bits per heavy atom. The molecule has 1 amide bonds. The lowest BCUT2D eigenvalue weighted by molar-refractivity contribution is -0.141. The number of amides is 1. The summed E-state index contributed by atoms with van der Waals surface area (Å²) in [6.45, 7) is 2.41. The van der Waals surface area contributed by atoms with E-state index in [-0.39, 0.29) is 30.9 Å². The van der Waals surface area contributed by atoms with Crippen molar-refractivity contribution in [1.82, 2.24) is 15.1 Å². The first-order valence-electron chi connectivity index (χ1n) is 8.54. The van der Waals surface area contributed by atoms with Gasteiger partial charge in [0.2, 0.25) is 0 Å². The van der Waals surface area contributed by atoms with Crippen molar-refractivity contribution in [2.75, 3.05) is 20.3 Å². The van der Waals surface area contributed by atoms with Crippen molar-refractivity contribution < 1.29 is 19.4 Å². The Morgan fingerprint density at radius 2 is 2.07 bits per heavy atom. The smallest absolute Gasteiger partial charge is 0.308 e. The first-order valence-corrected chi connectivity index (χ1v) is 8.54. The van der Waals surface area contributed by atoms with E-state index in [9.17, 15) is 19.5 Å². The standard InChI is InChI=1S/C19H23N3O5/c1-13-4-3-5-14(10-13)11-15(19(25)26)12-20-18(24)16-6-7-17(23)22(21-16)8-9-27-2/h3-7,10,15H,8-9,11-12H2,1-2H3,(H,20,24)(H,25,26). The second-order valence-corrected chi connectivity index (χ2v) is 6.21. The average molecular weight is 373 g/mol. The molecule has 1 aromatic heterocycles. The minimum atomic E-state index is -0.991. The van der Waals surface area contributed by atoms with E-state index in [4.69, 9.17) is 4.74 Å². The van der Waals surface area contributed by atoms with Crippen LogP contribution in [0.15, 0.2) is 41.2 Å². The molecule has 1 heterocycles. The van der Waals surface area contributed by atoms with Crippen LogP contribution in [0, 0.1) is 12.8 Å². The number of carbonyl (C=O) groups is 2. The fraction of sp³-hybridized carbons (Fsp3) is 0.368. The minimum Gasteiger partial charge on any atom is -0.481 e. The molecule has 27 heavy (non-hydrogen) atoms. The number of nitrogens with one attached hydrogen (secondary N) is 1. The van der Waals surface area contributed by atoms with Crippen molar-refractivity contribution >= 4 is 11.9 Å². The van der Waals surface area contributed by atoms with Gasteiger partial charge in [0.05, 0.1) is 19.1 Å². The Hall–Kier alpha value is -3.00. The van der Waals surface area contributed by atoms with E-state index < -0.39 is 17.8 Å². The zero-order valence-electron chi connectivity index (χ0n) is 15.3. The predicted molar refractivity (Wildman–Crippen MR) is 98.7 cm³/mol. The number of nitrogens with zero attached hydrogens (tertiary/aromatic N) is 2. The van der Waals surface area contributed by atoms with Gasteiger partial charge in [0.15, 0.2) is 0 Å². The summed E-state index contributed by atoms with van der Waals surface area (Å²) in [5.74, 6) is -2.29. The van der Waals surface area contributed by atoms with Crippen LogP contribution >= 0.6 is 0 Å². The number of benzene rings is 1. The molecule has 0 saturated heterocycles. The van der Waals surface area contributed by atoms with Gasteiger partial charge in [0.1, 0.15) is 5.69 Å². The number of aromatic nitrogens is 2. The van der Waals surface area contributed by atoms with Crippen LogP contribution in [0.1, 0.15) is 21.6 Å². The van der Waals surface area contributed by atoms with Crippen LogP contribution in [0.2, 0.25) is 0 Å². The maximum absolute atomic E-state index is 12.3. The summed E-state index contributed by atoms with van der Waals surface area (Å²) >= 11 is 0. The van der Waals surface area contributed by atoms with E-state index in [1.807, 2.05) is 31.2 Å². The second-order valence-electron chi connectivity index (χ2n) is 6.21. The van der Waals surface area contributed by atoms with Gasteiger partial charge in [0.25, 0.3) is 11.5 Å². The summed E-state index contributed by atoms with van der Waals surface area (Å²) in [6, 6.07) is 10.2. The molecule has 2 rings (SSSR count). The molecule has 0 radical (unpaired) electrons. The molecule has 0 saturated carbocycles.